The second-order valence-corrected chi connectivity index (χ2v) is 7.53. The molecule has 1 amide bonds. The first-order valence-corrected chi connectivity index (χ1v) is 10.3. The van der Waals surface area contributed by atoms with E-state index in [1.165, 1.54) is 30.0 Å². The highest BCUT2D eigenvalue weighted by atomic mass is 35.5. The third-order valence-corrected chi connectivity index (χ3v) is 5.24. The minimum atomic E-state index is -0.521. The molecule has 146 valence electrons. The maximum Gasteiger partial charge on any atom is 0.234 e. The van der Waals surface area contributed by atoms with Crippen LogP contribution in [0.3, 0.4) is 0 Å². The van der Waals surface area contributed by atoms with E-state index in [4.69, 9.17) is 11.6 Å². The minimum absolute atomic E-state index is 0.0290. The fourth-order valence-corrected chi connectivity index (χ4v) is 3.65. The quantitative estimate of drug-likeness (QED) is 0.533. The van der Waals surface area contributed by atoms with E-state index in [0.717, 1.165) is 24.4 Å². The number of amides is 1. The molecule has 5 nitrogen and oxygen atoms in total. The number of hydrogen-bond donors (Lipinski definition) is 1. The van der Waals surface area contributed by atoms with Gasteiger partial charge in [0.1, 0.15) is 11.6 Å². The molecule has 8 heteroatoms. The summed E-state index contributed by atoms with van der Waals surface area (Å²) < 4.78 is 15.3. The third kappa shape index (κ3) is 5.33. The second kappa shape index (κ2) is 9.71. The fourth-order valence-electron chi connectivity index (χ4n) is 2.68. The van der Waals surface area contributed by atoms with Crippen molar-refractivity contribution in [2.45, 2.75) is 31.5 Å². The smallest absolute Gasteiger partial charge is 0.234 e. The molecular formula is C20H20ClFN4OS. The number of nitrogens with zero attached hydrogens (tertiary/aromatic N) is 3. The Bertz CT molecular complexity index is 949. The summed E-state index contributed by atoms with van der Waals surface area (Å²) in [5.74, 6) is 0.305. The number of carbonyl (C=O) groups is 1. The zero-order chi connectivity index (χ0) is 19.9. The van der Waals surface area contributed by atoms with E-state index >= 15 is 0 Å². The summed E-state index contributed by atoms with van der Waals surface area (Å²) in [6.07, 6.45) is 1.63. The van der Waals surface area contributed by atoms with Crippen LogP contribution in [0.4, 0.5) is 10.1 Å². The molecule has 0 fully saturated rings. The lowest BCUT2D eigenvalue weighted by molar-refractivity contribution is -0.113. The van der Waals surface area contributed by atoms with E-state index in [0.29, 0.717) is 17.3 Å². The molecule has 28 heavy (non-hydrogen) atoms. The van der Waals surface area contributed by atoms with Crippen molar-refractivity contribution in [1.29, 1.82) is 0 Å². The van der Waals surface area contributed by atoms with Gasteiger partial charge in [-0.1, -0.05) is 60.6 Å². The standard InChI is InChI=1S/C20H20ClFN4OS/c1-2-10-26-18(11-14-6-4-3-5-7-14)24-25-20(26)28-13-19(27)23-15-8-9-17(22)16(21)12-15/h3-9,12H,2,10-11,13H2,1H3,(H,23,27). The van der Waals surface area contributed by atoms with E-state index in [1.54, 1.807) is 0 Å². The van der Waals surface area contributed by atoms with Gasteiger partial charge in [-0.15, -0.1) is 10.2 Å². The van der Waals surface area contributed by atoms with Crippen LogP contribution in [0.5, 0.6) is 0 Å². The maximum atomic E-state index is 13.2. The van der Waals surface area contributed by atoms with Crippen LogP contribution in [0.25, 0.3) is 0 Å². The van der Waals surface area contributed by atoms with Crippen LogP contribution in [0.15, 0.2) is 53.7 Å². The lowest BCUT2D eigenvalue weighted by atomic mass is 10.1. The van der Waals surface area contributed by atoms with E-state index in [1.807, 2.05) is 18.2 Å². The number of aromatic nitrogens is 3. The molecule has 1 aromatic heterocycles. The molecule has 0 aliphatic carbocycles. The van der Waals surface area contributed by atoms with Crippen LogP contribution in [0.2, 0.25) is 5.02 Å². The van der Waals surface area contributed by atoms with E-state index in [-0.39, 0.29) is 16.7 Å². The molecule has 0 atom stereocenters. The molecule has 1 heterocycles. The molecule has 0 saturated heterocycles. The molecule has 3 aromatic rings. The Morgan fingerprint density at radius 2 is 2.00 bits per heavy atom. The Balaban J connectivity index is 1.64. The molecule has 0 radical (unpaired) electrons. The fraction of sp³-hybridized carbons (Fsp3) is 0.250. The van der Waals surface area contributed by atoms with Gasteiger partial charge in [0, 0.05) is 18.7 Å². The largest absolute Gasteiger partial charge is 0.325 e. The lowest BCUT2D eigenvalue weighted by Crippen LogP contribution is -2.15. The summed E-state index contributed by atoms with van der Waals surface area (Å²) >= 11 is 7.07. The molecule has 1 N–H and O–H groups in total. The van der Waals surface area contributed by atoms with Gasteiger partial charge in [0.15, 0.2) is 5.16 Å². The summed E-state index contributed by atoms with van der Waals surface area (Å²) in [7, 11) is 0. The number of benzene rings is 2. The van der Waals surface area contributed by atoms with Gasteiger partial charge >= 0.3 is 0 Å². The number of anilines is 1. The Hall–Kier alpha value is -2.38. The van der Waals surface area contributed by atoms with Gasteiger partial charge in [-0.2, -0.15) is 0 Å². The number of thioether (sulfide) groups is 1. The zero-order valence-electron chi connectivity index (χ0n) is 15.4. The van der Waals surface area contributed by atoms with Crippen LogP contribution >= 0.6 is 23.4 Å². The Labute approximate surface area is 172 Å². The second-order valence-electron chi connectivity index (χ2n) is 6.18. The highest BCUT2D eigenvalue weighted by Gasteiger charge is 2.14. The Kier molecular flexibility index (Phi) is 7.06. The number of halogens is 2. The van der Waals surface area contributed by atoms with Gasteiger partial charge in [0.25, 0.3) is 0 Å². The van der Waals surface area contributed by atoms with Crippen molar-refractivity contribution >= 4 is 35.0 Å². The van der Waals surface area contributed by atoms with Crippen molar-refractivity contribution in [3.8, 4) is 0 Å². The van der Waals surface area contributed by atoms with E-state index in [2.05, 4.69) is 39.1 Å². The summed E-state index contributed by atoms with van der Waals surface area (Å²) in [5, 5.41) is 12.0. The number of rotatable bonds is 8. The maximum absolute atomic E-state index is 13.2. The predicted molar refractivity (Wildman–Crippen MR) is 110 cm³/mol. The highest BCUT2D eigenvalue weighted by molar-refractivity contribution is 7.99. The molecule has 0 bridgehead atoms. The molecule has 0 saturated carbocycles. The highest BCUT2D eigenvalue weighted by Crippen LogP contribution is 2.22. The topological polar surface area (TPSA) is 59.8 Å². The van der Waals surface area contributed by atoms with Crippen molar-refractivity contribution in [2.24, 2.45) is 0 Å². The molecule has 0 spiro atoms. The van der Waals surface area contributed by atoms with Gasteiger partial charge in [-0.3, -0.25) is 4.79 Å². The van der Waals surface area contributed by atoms with Gasteiger partial charge in [0.05, 0.1) is 10.8 Å². The number of carbonyl (C=O) groups excluding carboxylic acids is 1. The van der Waals surface area contributed by atoms with Crippen molar-refractivity contribution < 1.29 is 9.18 Å². The van der Waals surface area contributed by atoms with Crippen molar-refractivity contribution in [3.05, 3.63) is 70.8 Å². The van der Waals surface area contributed by atoms with Gasteiger partial charge in [-0.25, -0.2) is 4.39 Å². The van der Waals surface area contributed by atoms with Gasteiger partial charge in [-0.05, 0) is 30.2 Å². The molecule has 0 aliphatic heterocycles. The van der Waals surface area contributed by atoms with Crippen LogP contribution < -0.4 is 5.32 Å². The summed E-state index contributed by atoms with van der Waals surface area (Å²) in [5.41, 5.74) is 1.62. The van der Waals surface area contributed by atoms with E-state index < -0.39 is 5.82 Å². The van der Waals surface area contributed by atoms with Crippen LogP contribution in [0, 0.1) is 5.82 Å². The predicted octanol–water partition coefficient (Wildman–Crippen LogP) is 4.80. The van der Waals surface area contributed by atoms with Crippen molar-refractivity contribution in [2.75, 3.05) is 11.1 Å². The van der Waals surface area contributed by atoms with Gasteiger partial charge < -0.3 is 9.88 Å². The average molecular weight is 419 g/mol. The summed E-state index contributed by atoms with van der Waals surface area (Å²) in [6, 6.07) is 14.2. The Morgan fingerprint density at radius 3 is 2.71 bits per heavy atom. The first-order valence-electron chi connectivity index (χ1n) is 8.90. The SMILES string of the molecule is CCCn1c(Cc2ccccc2)nnc1SCC(=O)Nc1ccc(F)c(Cl)c1. The van der Waals surface area contributed by atoms with Crippen molar-refractivity contribution in [1.82, 2.24) is 14.8 Å². The number of hydrogen-bond acceptors (Lipinski definition) is 4. The Morgan fingerprint density at radius 1 is 1.21 bits per heavy atom. The first-order chi connectivity index (χ1) is 13.6. The normalized spacial score (nSPS) is 10.8. The molecule has 2 aromatic carbocycles. The first kappa shape index (κ1) is 20.4. The van der Waals surface area contributed by atoms with E-state index in [9.17, 15) is 9.18 Å². The van der Waals surface area contributed by atoms with Crippen molar-refractivity contribution in [3.63, 3.8) is 0 Å². The average Bonchev–Trinajstić information content (AvgIpc) is 3.06. The van der Waals surface area contributed by atoms with Crippen LogP contribution in [0.1, 0.15) is 24.7 Å². The summed E-state index contributed by atoms with van der Waals surface area (Å²) in [4.78, 5) is 12.2. The van der Waals surface area contributed by atoms with Gasteiger partial charge in [0.2, 0.25) is 5.91 Å². The third-order valence-electron chi connectivity index (χ3n) is 3.98. The molecule has 0 unspecified atom stereocenters. The van der Waals surface area contributed by atoms with Crippen LogP contribution in [-0.4, -0.2) is 26.4 Å². The monoisotopic (exact) mass is 418 g/mol. The molecular weight excluding hydrogens is 399 g/mol. The zero-order valence-corrected chi connectivity index (χ0v) is 16.9. The lowest BCUT2D eigenvalue weighted by Gasteiger charge is -2.09. The minimum Gasteiger partial charge on any atom is -0.325 e. The number of nitrogens with one attached hydrogen (secondary N) is 1. The molecule has 0 aliphatic rings. The summed E-state index contributed by atoms with van der Waals surface area (Å²) in [6.45, 7) is 2.87. The van der Waals surface area contributed by atoms with Crippen LogP contribution in [-0.2, 0) is 17.8 Å². The molecule has 3 rings (SSSR count).